The zero-order valence-electron chi connectivity index (χ0n) is 10.5. The molecule has 1 heterocycles. The number of rotatable bonds is 3. The standard InChI is InChI=1S/C15H17FO2/c1-10-7-13(15(2)14(8-10)18-15)17-9-11-5-3-4-6-12(11)16/h3-6,13-14H,1,7-9H2,2H3. The molecule has 1 aromatic rings. The summed E-state index contributed by atoms with van der Waals surface area (Å²) < 4.78 is 25.0. The Morgan fingerprint density at radius 3 is 3.00 bits per heavy atom. The topological polar surface area (TPSA) is 21.8 Å². The van der Waals surface area contributed by atoms with E-state index in [2.05, 4.69) is 13.5 Å². The summed E-state index contributed by atoms with van der Waals surface area (Å²) in [5.41, 5.74) is 1.56. The summed E-state index contributed by atoms with van der Waals surface area (Å²) >= 11 is 0. The quantitative estimate of drug-likeness (QED) is 0.605. The minimum absolute atomic E-state index is 0.0108. The Morgan fingerprint density at radius 1 is 1.44 bits per heavy atom. The molecule has 1 saturated carbocycles. The Morgan fingerprint density at radius 2 is 2.22 bits per heavy atom. The lowest BCUT2D eigenvalue weighted by Gasteiger charge is -2.26. The smallest absolute Gasteiger partial charge is 0.128 e. The number of epoxide rings is 1. The van der Waals surface area contributed by atoms with Crippen molar-refractivity contribution < 1.29 is 13.9 Å². The molecule has 18 heavy (non-hydrogen) atoms. The monoisotopic (exact) mass is 248 g/mol. The highest BCUT2D eigenvalue weighted by atomic mass is 19.1. The second-order valence-corrected chi connectivity index (χ2v) is 5.34. The van der Waals surface area contributed by atoms with Gasteiger partial charge in [-0.3, -0.25) is 0 Å². The zero-order valence-corrected chi connectivity index (χ0v) is 10.5. The van der Waals surface area contributed by atoms with Gasteiger partial charge in [-0.1, -0.05) is 30.4 Å². The van der Waals surface area contributed by atoms with Crippen LogP contribution in [0, 0.1) is 5.82 Å². The molecule has 3 atom stereocenters. The number of halogens is 1. The van der Waals surface area contributed by atoms with Crippen molar-refractivity contribution in [3.63, 3.8) is 0 Å². The lowest BCUT2D eigenvalue weighted by molar-refractivity contribution is -0.0107. The van der Waals surface area contributed by atoms with Gasteiger partial charge in [0.05, 0.1) is 18.8 Å². The molecule has 0 aromatic heterocycles. The fraction of sp³-hybridized carbons (Fsp3) is 0.467. The number of ether oxygens (including phenoxy) is 2. The largest absolute Gasteiger partial charge is 0.370 e. The van der Waals surface area contributed by atoms with E-state index >= 15 is 0 Å². The van der Waals surface area contributed by atoms with Gasteiger partial charge < -0.3 is 9.47 Å². The lowest BCUT2D eigenvalue weighted by Crippen LogP contribution is -2.35. The molecule has 2 aliphatic rings. The van der Waals surface area contributed by atoms with E-state index in [4.69, 9.17) is 9.47 Å². The molecule has 3 heteroatoms. The lowest BCUT2D eigenvalue weighted by atomic mass is 9.85. The summed E-state index contributed by atoms with van der Waals surface area (Å²) in [4.78, 5) is 0. The summed E-state index contributed by atoms with van der Waals surface area (Å²) in [5, 5.41) is 0. The van der Waals surface area contributed by atoms with Crippen molar-refractivity contribution >= 4 is 0 Å². The van der Waals surface area contributed by atoms with Gasteiger partial charge in [0, 0.05) is 5.56 Å². The van der Waals surface area contributed by atoms with E-state index in [1.165, 1.54) is 6.07 Å². The van der Waals surface area contributed by atoms with Gasteiger partial charge in [-0.25, -0.2) is 4.39 Å². The summed E-state index contributed by atoms with van der Waals surface area (Å²) in [5.74, 6) is -0.217. The Labute approximate surface area is 106 Å². The second kappa shape index (κ2) is 4.18. The first-order chi connectivity index (χ1) is 8.59. The van der Waals surface area contributed by atoms with E-state index in [0.29, 0.717) is 5.56 Å². The van der Waals surface area contributed by atoms with Gasteiger partial charge in [0.1, 0.15) is 11.4 Å². The molecular formula is C15H17FO2. The van der Waals surface area contributed by atoms with Crippen LogP contribution >= 0.6 is 0 Å². The van der Waals surface area contributed by atoms with Gasteiger partial charge in [-0.2, -0.15) is 0 Å². The first-order valence-corrected chi connectivity index (χ1v) is 6.29. The van der Waals surface area contributed by atoms with Crippen molar-refractivity contribution in [1.82, 2.24) is 0 Å². The number of hydrogen-bond donors (Lipinski definition) is 0. The van der Waals surface area contributed by atoms with E-state index < -0.39 is 0 Å². The zero-order chi connectivity index (χ0) is 12.8. The maximum atomic E-state index is 13.5. The van der Waals surface area contributed by atoms with Crippen LogP contribution in [0.4, 0.5) is 4.39 Å². The third kappa shape index (κ3) is 1.98. The normalized spacial score (nSPS) is 34.2. The molecule has 0 amide bonds. The van der Waals surface area contributed by atoms with Gasteiger partial charge in [0.25, 0.3) is 0 Å². The number of fused-ring (bicyclic) bond motifs is 1. The molecule has 2 fully saturated rings. The molecule has 96 valence electrons. The average Bonchev–Trinajstić information content (AvgIpc) is 2.99. The highest BCUT2D eigenvalue weighted by Gasteiger charge is 2.60. The fourth-order valence-corrected chi connectivity index (χ4v) is 2.64. The van der Waals surface area contributed by atoms with E-state index in [0.717, 1.165) is 18.4 Å². The molecule has 1 saturated heterocycles. The SMILES string of the molecule is C=C1CC(OCc2ccccc2F)C2(C)OC2C1. The van der Waals surface area contributed by atoms with Crippen LogP contribution in [-0.2, 0) is 16.1 Å². The van der Waals surface area contributed by atoms with E-state index in [1.54, 1.807) is 12.1 Å². The van der Waals surface area contributed by atoms with Crippen LogP contribution in [-0.4, -0.2) is 17.8 Å². The van der Waals surface area contributed by atoms with Crippen molar-refractivity contribution in [2.24, 2.45) is 0 Å². The van der Waals surface area contributed by atoms with Crippen LogP contribution in [0.5, 0.6) is 0 Å². The molecule has 1 aliphatic heterocycles. The first-order valence-electron chi connectivity index (χ1n) is 6.29. The minimum atomic E-state index is -0.217. The Hall–Kier alpha value is -1.19. The highest BCUT2D eigenvalue weighted by Crippen LogP contribution is 2.50. The molecule has 0 N–H and O–H groups in total. The fourth-order valence-electron chi connectivity index (χ4n) is 2.64. The van der Waals surface area contributed by atoms with Crippen molar-refractivity contribution in [2.45, 2.75) is 44.2 Å². The maximum absolute atomic E-state index is 13.5. The molecule has 0 bridgehead atoms. The number of hydrogen-bond acceptors (Lipinski definition) is 2. The minimum Gasteiger partial charge on any atom is -0.370 e. The van der Waals surface area contributed by atoms with Crippen molar-refractivity contribution in [3.05, 3.63) is 47.8 Å². The predicted molar refractivity (Wildman–Crippen MR) is 66.6 cm³/mol. The molecular weight excluding hydrogens is 231 g/mol. The summed E-state index contributed by atoms with van der Waals surface area (Å²) in [7, 11) is 0. The van der Waals surface area contributed by atoms with Gasteiger partial charge in [-0.15, -0.1) is 0 Å². The molecule has 1 aromatic carbocycles. The number of benzene rings is 1. The van der Waals surface area contributed by atoms with Crippen molar-refractivity contribution in [1.29, 1.82) is 0 Å². The second-order valence-electron chi connectivity index (χ2n) is 5.34. The third-order valence-corrected chi connectivity index (χ3v) is 3.96. The Balaban J connectivity index is 1.67. The van der Waals surface area contributed by atoms with Gasteiger partial charge >= 0.3 is 0 Å². The summed E-state index contributed by atoms with van der Waals surface area (Å²) in [6.45, 7) is 6.36. The van der Waals surface area contributed by atoms with Crippen LogP contribution in [0.3, 0.4) is 0 Å². The molecule has 2 nitrogen and oxygen atoms in total. The van der Waals surface area contributed by atoms with Crippen LogP contribution < -0.4 is 0 Å². The Kier molecular flexibility index (Phi) is 2.76. The van der Waals surface area contributed by atoms with Crippen molar-refractivity contribution in [3.8, 4) is 0 Å². The van der Waals surface area contributed by atoms with E-state index in [1.807, 2.05) is 6.07 Å². The van der Waals surface area contributed by atoms with Crippen LogP contribution in [0.1, 0.15) is 25.3 Å². The van der Waals surface area contributed by atoms with Crippen LogP contribution in [0.15, 0.2) is 36.4 Å². The molecule has 0 spiro atoms. The molecule has 3 unspecified atom stereocenters. The van der Waals surface area contributed by atoms with Gasteiger partial charge in [0.15, 0.2) is 0 Å². The predicted octanol–water partition coefficient (Wildman–Crippen LogP) is 3.22. The van der Waals surface area contributed by atoms with Crippen LogP contribution in [0.25, 0.3) is 0 Å². The first kappa shape index (κ1) is 11.9. The summed E-state index contributed by atoms with van der Waals surface area (Å²) in [6, 6.07) is 6.71. The van der Waals surface area contributed by atoms with E-state index in [-0.39, 0.29) is 30.2 Å². The van der Waals surface area contributed by atoms with Gasteiger partial charge in [-0.05, 0) is 25.8 Å². The third-order valence-electron chi connectivity index (χ3n) is 3.96. The average molecular weight is 248 g/mol. The van der Waals surface area contributed by atoms with Crippen LogP contribution in [0.2, 0.25) is 0 Å². The summed E-state index contributed by atoms with van der Waals surface area (Å²) in [6.07, 6.45) is 1.96. The van der Waals surface area contributed by atoms with Gasteiger partial charge in [0.2, 0.25) is 0 Å². The van der Waals surface area contributed by atoms with E-state index in [9.17, 15) is 4.39 Å². The molecule has 3 rings (SSSR count). The van der Waals surface area contributed by atoms with Crippen molar-refractivity contribution in [2.75, 3.05) is 0 Å². The maximum Gasteiger partial charge on any atom is 0.128 e. The molecule has 1 aliphatic carbocycles. The molecule has 0 radical (unpaired) electrons. The Bertz CT molecular complexity index is 485. The highest BCUT2D eigenvalue weighted by molar-refractivity contribution is 5.20.